The van der Waals surface area contributed by atoms with Gasteiger partial charge in [0.15, 0.2) is 0 Å². The second-order valence-corrected chi connectivity index (χ2v) is 13.2. The van der Waals surface area contributed by atoms with Crippen molar-refractivity contribution < 1.29 is 18.8 Å². The SMILES string of the molecule is CN1CC(Nc2cnn(C)c(=O)c2Br)CC(c2ccc(C(=O)N3CCN(c4ccc(F)c(C5CCC(=O)NC5=O)c4)CC3)cc2)C1. The molecule has 11 nitrogen and oxygen atoms in total. The average Bonchev–Trinajstić information content (AvgIpc) is 3.05. The van der Waals surface area contributed by atoms with Gasteiger partial charge >= 0.3 is 0 Å². The number of nitrogens with zero attached hydrogens (tertiary/aromatic N) is 5. The summed E-state index contributed by atoms with van der Waals surface area (Å²) in [6.45, 7) is 3.90. The molecule has 3 unspecified atom stereocenters. The second-order valence-electron chi connectivity index (χ2n) is 12.4. The predicted octanol–water partition coefficient (Wildman–Crippen LogP) is 3.06. The van der Waals surface area contributed by atoms with Crippen molar-refractivity contribution in [1.82, 2.24) is 24.9 Å². The standard InChI is InChI=1S/C33H37BrFN7O4/c1-39-18-22(15-23(19-39)37-28-17-36-40(2)33(46)30(28)34)20-3-5-21(6-4-20)32(45)42-13-11-41(12-14-42)24-7-9-27(35)26(16-24)25-8-10-29(43)38-31(25)44/h3-7,9,16-17,22-23,25,37H,8,10-15,18-19H2,1-2H3,(H,38,43,44). The van der Waals surface area contributed by atoms with Crippen LogP contribution in [0.3, 0.4) is 0 Å². The van der Waals surface area contributed by atoms with E-state index in [-0.39, 0.29) is 42.2 Å². The van der Waals surface area contributed by atoms with Gasteiger partial charge in [0, 0.05) is 75.6 Å². The van der Waals surface area contributed by atoms with Gasteiger partial charge < -0.3 is 20.0 Å². The van der Waals surface area contributed by atoms with Gasteiger partial charge in [-0.25, -0.2) is 9.07 Å². The van der Waals surface area contributed by atoms with E-state index in [4.69, 9.17) is 0 Å². The molecular weight excluding hydrogens is 657 g/mol. The highest BCUT2D eigenvalue weighted by Gasteiger charge is 2.32. The van der Waals surface area contributed by atoms with Crippen LogP contribution >= 0.6 is 15.9 Å². The number of aromatic nitrogens is 2. The Hall–Kier alpha value is -4.10. The molecule has 242 valence electrons. The third-order valence-corrected chi connectivity index (χ3v) is 9.99. The summed E-state index contributed by atoms with van der Waals surface area (Å²) >= 11 is 3.40. The van der Waals surface area contributed by atoms with Gasteiger partial charge in [-0.15, -0.1) is 0 Å². The Morgan fingerprint density at radius 1 is 1.02 bits per heavy atom. The van der Waals surface area contributed by atoms with Crippen LogP contribution < -0.4 is 21.1 Å². The van der Waals surface area contributed by atoms with Gasteiger partial charge in [0.05, 0.1) is 17.8 Å². The van der Waals surface area contributed by atoms with Crippen molar-refractivity contribution in [3.63, 3.8) is 0 Å². The minimum Gasteiger partial charge on any atom is -0.379 e. The lowest BCUT2D eigenvalue weighted by Gasteiger charge is -2.37. The number of likely N-dealkylation sites (tertiary alicyclic amines) is 1. The number of amides is 3. The summed E-state index contributed by atoms with van der Waals surface area (Å²) in [5.41, 5.74) is 3.36. The van der Waals surface area contributed by atoms with Crippen LogP contribution in [0.25, 0.3) is 0 Å². The van der Waals surface area contributed by atoms with Crippen molar-refractivity contribution >= 4 is 45.0 Å². The molecule has 3 aliphatic rings. The third-order valence-electron chi connectivity index (χ3n) is 9.23. The smallest absolute Gasteiger partial charge is 0.282 e. The highest BCUT2D eigenvalue weighted by Crippen LogP contribution is 2.32. The van der Waals surface area contributed by atoms with E-state index in [1.165, 1.54) is 10.7 Å². The predicted molar refractivity (Wildman–Crippen MR) is 176 cm³/mol. The number of hydrogen-bond donors (Lipinski definition) is 2. The molecule has 3 amide bonds. The van der Waals surface area contributed by atoms with Crippen LogP contribution in [0.2, 0.25) is 0 Å². The minimum absolute atomic E-state index is 0.0298. The molecule has 3 aromatic rings. The van der Waals surface area contributed by atoms with Crippen molar-refractivity contribution in [1.29, 1.82) is 0 Å². The Morgan fingerprint density at radius 2 is 1.76 bits per heavy atom. The first kappa shape index (κ1) is 31.9. The second kappa shape index (κ2) is 13.3. The van der Waals surface area contributed by atoms with Gasteiger partial charge in [0.1, 0.15) is 10.3 Å². The molecule has 3 atom stereocenters. The summed E-state index contributed by atoms with van der Waals surface area (Å²) in [5.74, 6) is -1.73. The number of likely N-dealkylation sites (N-methyl/N-ethyl adjacent to an activating group) is 1. The summed E-state index contributed by atoms with van der Waals surface area (Å²) in [6.07, 6.45) is 3.00. The van der Waals surface area contributed by atoms with Gasteiger partial charge in [-0.2, -0.15) is 5.10 Å². The molecule has 2 aromatic carbocycles. The fraction of sp³-hybridized carbons (Fsp3) is 0.424. The van der Waals surface area contributed by atoms with Crippen LogP contribution in [0.15, 0.2) is 57.9 Å². The number of benzene rings is 2. The molecule has 0 saturated carbocycles. The monoisotopic (exact) mass is 693 g/mol. The average molecular weight is 695 g/mol. The third kappa shape index (κ3) is 6.70. The van der Waals surface area contributed by atoms with Crippen molar-refractivity contribution in [2.24, 2.45) is 7.05 Å². The number of imide groups is 1. The minimum atomic E-state index is -0.696. The van der Waals surface area contributed by atoms with E-state index in [1.807, 2.05) is 29.2 Å². The van der Waals surface area contributed by atoms with E-state index in [0.717, 1.165) is 30.8 Å². The molecule has 0 bridgehead atoms. The van der Waals surface area contributed by atoms with Crippen LogP contribution in [0, 0.1) is 5.82 Å². The molecule has 4 heterocycles. The summed E-state index contributed by atoms with van der Waals surface area (Å²) in [5, 5.41) is 9.93. The lowest BCUT2D eigenvalue weighted by atomic mass is 9.87. The highest BCUT2D eigenvalue weighted by atomic mass is 79.9. The molecule has 0 radical (unpaired) electrons. The zero-order chi connectivity index (χ0) is 32.5. The summed E-state index contributed by atoms with van der Waals surface area (Å²) in [4.78, 5) is 55.8. The number of nitrogens with one attached hydrogen (secondary N) is 2. The number of carbonyl (C=O) groups excluding carboxylic acids is 3. The number of rotatable bonds is 6. The molecule has 0 spiro atoms. The zero-order valence-electron chi connectivity index (χ0n) is 25.8. The first-order chi connectivity index (χ1) is 22.1. The van der Waals surface area contributed by atoms with Gasteiger partial charge in [0.25, 0.3) is 11.5 Å². The van der Waals surface area contributed by atoms with Gasteiger partial charge in [-0.3, -0.25) is 24.5 Å². The maximum Gasteiger partial charge on any atom is 0.282 e. The van der Waals surface area contributed by atoms with Crippen molar-refractivity contribution in [3.05, 3.63) is 86.0 Å². The van der Waals surface area contributed by atoms with Crippen LogP contribution in [-0.2, 0) is 16.6 Å². The summed E-state index contributed by atoms with van der Waals surface area (Å²) in [6, 6.07) is 12.8. The molecule has 3 aliphatic heterocycles. The molecule has 1 aromatic heterocycles. The zero-order valence-corrected chi connectivity index (χ0v) is 27.4. The van der Waals surface area contributed by atoms with E-state index in [0.29, 0.717) is 47.5 Å². The van der Waals surface area contributed by atoms with Crippen molar-refractivity contribution in [3.8, 4) is 0 Å². The Balaban J connectivity index is 1.06. The fourth-order valence-electron chi connectivity index (χ4n) is 6.73. The number of piperazine rings is 1. The number of hydrogen-bond acceptors (Lipinski definition) is 8. The summed E-state index contributed by atoms with van der Waals surface area (Å²) in [7, 11) is 3.70. The lowest BCUT2D eigenvalue weighted by molar-refractivity contribution is -0.134. The number of carbonyl (C=O) groups is 3. The largest absolute Gasteiger partial charge is 0.379 e. The molecule has 13 heteroatoms. The van der Waals surface area contributed by atoms with Crippen LogP contribution in [-0.4, -0.2) is 89.7 Å². The summed E-state index contributed by atoms with van der Waals surface area (Å²) < 4.78 is 16.5. The number of piperidine rings is 2. The number of halogens is 2. The molecule has 46 heavy (non-hydrogen) atoms. The van der Waals surface area contributed by atoms with E-state index in [1.54, 1.807) is 25.4 Å². The Kier molecular flexibility index (Phi) is 9.23. The van der Waals surface area contributed by atoms with E-state index in [2.05, 4.69) is 48.5 Å². The van der Waals surface area contributed by atoms with E-state index in [9.17, 15) is 23.6 Å². The van der Waals surface area contributed by atoms with Gasteiger partial charge in [-0.1, -0.05) is 12.1 Å². The topological polar surface area (TPSA) is 120 Å². The molecule has 0 aliphatic carbocycles. The maximum atomic E-state index is 14.7. The normalized spacial score (nSPS) is 22.5. The fourth-order valence-corrected chi connectivity index (χ4v) is 7.20. The van der Waals surface area contributed by atoms with E-state index >= 15 is 0 Å². The van der Waals surface area contributed by atoms with E-state index < -0.39 is 17.6 Å². The molecule has 6 rings (SSSR count). The molecule has 3 fully saturated rings. The molecular formula is C33H37BrFN7O4. The van der Waals surface area contributed by atoms with Crippen molar-refractivity contribution in [2.45, 2.75) is 37.1 Å². The Bertz CT molecular complexity index is 1710. The quantitative estimate of drug-likeness (QED) is 0.379. The highest BCUT2D eigenvalue weighted by molar-refractivity contribution is 9.10. The Morgan fingerprint density at radius 3 is 2.48 bits per heavy atom. The number of anilines is 2. The van der Waals surface area contributed by atoms with Crippen LogP contribution in [0.4, 0.5) is 15.8 Å². The maximum absolute atomic E-state index is 14.7. The first-order valence-corrected chi connectivity index (χ1v) is 16.3. The first-order valence-electron chi connectivity index (χ1n) is 15.5. The molecule has 3 saturated heterocycles. The van der Waals surface area contributed by atoms with Crippen LogP contribution in [0.1, 0.15) is 52.6 Å². The van der Waals surface area contributed by atoms with Crippen molar-refractivity contribution in [2.75, 3.05) is 56.5 Å². The molecule has 2 N–H and O–H groups in total. The van der Waals surface area contributed by atoms with Gasteiger partial charge in [-0.05, 0) is 77.6 Å². The lowest BCUT2D eigenvalue weighted by Crippen LogP contribution is -2.48. The van der Waals surface area contributed by atoms with Gasteiger partial charge in [0.2, 0.25) is 11.8 Å². The van der Waals surface area contributed by atoms with Crippen LogP contribution in [0.5, 0.6) is 0 Å². The number of aryl methyl sites for hydroxylation is 1. The Labute approximate surface area is 274 Å².